The molecular weight excluding hydrogens is 336 g/mol. The first-order valence-corrected chi connectivity index (χ1v) is 8.20. The summed E-state index contributed by atoms with van der Waals surface area (Å²) in [5.41, 5.74) is 1.01. The van der Waals surface area contributed by atoms with E-state index in [-0.39, 0.29) is 17.3 Å². The highest BCUT2D eigenvalue weighted by molar-refractivity contribution is 5.91. The average Bonchev–Trinajstić information content (AvgIpc) is 2.65. The van der Waals surface area contributed by atoms with Crippen molar-refractivity contribution in [2.45, 2.75) is 25.8 Å². The Bertz CT molecular complexity index is 777. The van der Waals surface area contributed by atoms with Crippen LogP contribution in [-0.2, 0) is 16.0 Å². The van der Waals surface area contributed by atoms with Crippen LogP contribution in [-0.4, -0.2) is 29.4 Å². The lowest BCUT2D eigenvalue weighted by Crippen LogP contribution is -2.36. The Labute approximate surface area is 151 Å². The van der Waals surface area contributed by atoms with Gasteiger partial charge < -0.3 is 10.1 Å². The fourth-order valence-electron chi connectivity index (χ4n) is 2.38. The van der Waals surface area contributed by atoms with Gasteiger partial charge in [-0.1, -0.05) is 36.4 Å². The number of nitro benzene ring substituents is 1. The van der Waals surface area contributed by atoms with E-state index in [9.17, 15) is 19.7 Å². The van der Waals surface area contributed by atoms with Crippen LogP contribution in [0, 0.1) is 10.1 Å². The van der Waals surface area contributed by atoms with Crippen molar-refractivity contribution < 1.29 is 19.2 Å². The summed E-state index contributed by atoms with van der Waals surface area (Å²) in [6.45, 7) is 1.44. The van der Waals surface area contributed by atoms with Gasteiger partial charge in [0, 0.05) is 18.2 Å². The minimum absolute atomic E-state index is 0.0316. The molecule has 0 saturated heterocycles. The summed E-state index contributed by atoms with van der Waals surface area (Å²) in [5.74, 6) is -1.19. The summed E-state index contributed by atoms with van der Waals surface area (Å²) in [6, 6.07) is 15.0. The third-order valence-corrected chi connectivity index (χ3v) is 3.74. The predicted molar refractivity (Wildman–Crippen MR) is 95.7 cm³/mol. The largest absolute Gasteiger partial charge is 0.452 e. The molecule has 1 atom stereocenters. The molecule has 0 aliphatic rings. The minimum atomic E-state index is -0.777. The molecule has 0 radical (unpaired) electrons. The van der Waals surface area contributed by atoms with Crippen molar-refractivity contribution in [3.8, 4) is 0 Å². The lowest BCUT2D eigenvalue weighted by Gasteiger charge is -2.14. The summed E-state index contributed by atoms with van der Waals surface area (Å²) in [4.78, 5) is 33.9. The van der Waals surface area contributed by atoms with Gasteiger partial charge in [-0.15, -0.1) is 0 Å². The second-order valence-electron chi connectivity index (χ2n) is 5.88. The number of nitro groups is 1. The monoisotopic (exact) mass is 356 g/mol. The van der Waals surface area contributed by atoms with Gasteiger partial charge in [-0.05, 0) is 31.4 Å². The van der Waals surface area contributed by atoms with Crippen LogP contribution in [0.5, 0.6) is 0 Å². The maximum Gasteiger partial charge on any atom is 0.338 e. The molecule has 0 aliphatic carbocycles. The predicted octanol–water partition coefficient (Wildman–Crippen LogP) is 2.89. The molecule has 7 heteroatoms. The zero-order chi connectivity index (χ0) is 18.9. The molecule has 26 heavy (non-hydrogen) atoms. The van der Waals surface area contributed by atoms with E-state index in [1.54, 1.807) is 0 Å². The summed E-state index contributed by atoms with van der Waals surface area (Å²) < 4.78 is 4.91. The Morgan fingerprint density at radius 1 is 1.15 bits per heavy atom. The summed E-state index contributed by atoms with van der Waals surface area (Å²) in [6.07, 6.45) is 1.59. The molecule has 136 valence electrons. The van der Waals surface area contributed by atoms with Gasteiger partial charge in [0.25, 0.3) is 11.6 Å². The molecule has 0 unspecified atom stereocenters. The fourth-order valence-corrected chi connectivity index (χ4v) is 2.38. The van der Waals surface area contributed by atoms with Crippen LogP contribution in [0.2, 0.25) is 0 Å². The Morgan fingerprint density at radius 3 is 2.58 bits per heavy atom. The Balaban J connectivity index is 1.76. The maximum absolute atomic E-state index is 11.9. The first-order valence-electron chi connectivity index (χ1n) is 8.20. The Hall–Kier alpha value is -3.22. The fraction of sp³-hybridized carbons (Fsp3) is 0.263. The van der Waals surface area contributed by atoms with Gasteiger partial charge in [0.15, 0.2) is 6.61 Å². The molecule has 0 saturated carbocycles. The maximum atomic E-state index is 11.9. The van der Waals surface area contributed by atoms with Gasteiger partial charge in [0.05, 0.1) is 10.5 Å². The smallest absolute Gasteiger partial charge is 0.338 e. The SMILES string of the molecule is C[C@@H](CCc1ccccc1)NC(=O)COC(=O)c1cccc([N+](=O)[O-])c1. The highest BCUT2D eigenvalue weighted by atomic mass is 16.6. The van der Waals surface area contributed by atoms with Crippen LogP contribution in [0.1, 0.15) is 29.3 Å². The van der Waals surface area contributed by atoms with E-state index >= 15 is 0 Å². The summed E-state index contributed by atoms with van der Waals surface area (Å²) >= 11 is 0. The molecule has 0 fully saturated rings. The Morgan fingerprint density at radius 2 is 1.88 bits per heavy atom. The average molecular weight is 356 g/mol. The third-order valence-electron chi connectivity index (χ3n) is 3.74. The molecule has 0 heterocycles. The van der Waals surface area contributed by atoms with Gasteiger partial charge in [-0.2, -0.15) is 0 Å². The quantitative estimate of drug-likeness (QED) is 0.445. The van der Waals surface area contributed by atoms with Gasteiger partial charge >= 0.3 is 5.97 Å². The number of carbonyl (C=O) groups is 2. The number of rotatable bonds is 8. The number of benzene rings is 2. The number of aryl methyl sites for hydroxylation is 1. The number of nitrogens with one attached hydrogen (secondary N) is 1. The first kappa shape index (κ1) is 19.1. The molecule has 0 bridgehead atoms. The van der Waals surface area contributed by atoms with E-state index in [0.29, 0.717) is 0 Å². The molecular formula is C19H20N2O5. The van der Waals surface area contributed by atoms with Gasteiger partial charge in [-0.25, -0.2) is 4.79 Å². The molecule has 7 nitrogen and oxygen atoms in total. The van der Waals surface area contributed by atoms with Crippen LogP contribution in [0.3, 0.4) is 0 Å². The van der Waals surface area contributed by atoms with Crippen molar-refractivity contribution in [2.24, 2.45) is 0 Å². The number of esters is 1. The van der Waals surface area contributed by atoms with Gasteiger partial charge in [0.2, 0.25) is 0 Å². The van der Waals surface area contributed by atoms with Gasteiger partial charge in [-0.3, -0.25) is 14.9 Å². The zero-order valence-electron chi connectivity index (χ0n) is 14.4. The highest BCUT2D eigenvalue weighted by Gasteiger charge is 2.15. The minimum Gasteiger partial charge on any atom is -0.452 e. The van der Waals surface area contributed by atoms with Crippen molar-refractivity contribution in [2.75, 3.05) is 6.61 Å². The lowest BCUT2D eigenvalue weighted by molar-refractivity contribution is -0.384. The van der Waals surface area contributed by atoms with Crippen LogP contribution < -0.4 is 5.32 Å². The van der Waals surface area contributed by atoms with E-state index in [4.69, 9.17) is 4.74 Å². The third kappa shape index (κ3) is 6.01. The molecule has 0 aliphatic heterocycles. The number of hydrogen-bond donors (Lipinski definition) is 1. The van der Waals surface area contributed by atoms with Crippen molar-refractivity contribution in [3.05, 3.63) is 75.8 Å². The van der Waals surface area contributed by atoms with E-state index in [1.807, 2.05) is 37.3 Å². The number of ether oxygens (including phenoxy) is 1. The number of nitrogens with zero attached hydrogens (tertiary/aromatic N) is 1. The van der Waals surface area contributed by atoms with Crippen molar-refractivity contribution >= 4 is 17.6 Å². The first-order chi connectivity index (χ1) is 12.5. The van der Waals surface area contributed by atoms with Crippen molar-refractivity contribution in [1.29, 1.82) is 0 Å². The molecule has 0 aromatic heterocycles. The molecule has 0 spiro atoms. The number of amides is 1. The summed E-state index contributed by atoms with van der Waals surface area (Å²) in [5, 5.41) is 13.5. The normalized spacial score (nSPS) is 11.4. The number of non-ortho nitro benzene ring substituents is 1. The van der Waals surface area contributed by atoms with Crippen LogP contribution >= 0.6 is 0 Å². The van der Waals surface area contributed by atoms with Crippen LogP contribution in [0.15, 0.2) is 54.6 Å². The van der Waals surface area contributed by atoms with Crippen LogP contribution in [0.25, 0.3) is 0 Å². The van der Waals surface area contributed by atoms with E-state index in [2.05, 4.69) is 5.32 Å². The van der Waals surface area contributed by atoms with E-state index < -0.39 is 23.4 Å². The van der Waals surface area contributed by atoms with Crippen LogP contribution in [0.4, 0.5) is 5.69 Å². The topological polar surface area (TPSA) is 98.5 Å². The number of hydrogen-bond acceptors (Lipinski definition) is 5. The zero-order valence-corrected chi connectivity index (χ0v) is 14.4. The van der Waals surface area contributed by atoms with Crippen molar-refractivity contribution in [1.82, 2.24) is 5.32 Å². The second kappa shape index (κ2) is 9.31. The summed E-state index contributed by atoms with van der Waals surface area (Å²) in [7, 11) is 0. The molecule has 1 N–H and O–H groups in total. The van der Waals surface area contributed by atoms with E-state index in [0.717, 1.165) is 18.9 Å². The number of carbonyl (C=O) groups excluding carboxylic acids is 2. The molecule has 2 rings (SSSR count). The van der Waals surface area contributed by atoms with Crippen molar-refractivity contribution in [3.63, 3.8) is 0 Å². The lowest BCUT2D eigenvalue weighted by atomic mass is 10.1. The van der Waals surface area contributed by atoms with Gasteiger partial charge in [0.1, 0.15) is 0 Å². The molecule has 1 amide bonds. The highest BCUT2D eigenvalue weighted by Crippen LogP contribution is 2.13. The second-order valence-corrected chi connectivity index (χ2v) is 5.88. The Kier molecular flexibility index (Phi) is 6.84. The molecule has 2 aromatic carbocycles. The standard InChI is InChI=1S/C19H20N2O5/c1-14(10-11-15-6-3-2-4-7-15)20-18(22)13-26-19(23)16-8-5-9-17(12-16)21(24)25/h2-9,12,14H,10-11,13H2,1H3,(H,20,22)/t14-/m0/s1. The van der Waals surface area contributed by atoms with E-state index in [1.165, 1.54) is 23.8 Å². The molecule has 2 aromatic rings.